The van der Waals surface area contributed by atoms with Gasteiger partial charge in [0.2, 0.25) is 11.8 Å². The van der Waals surface area contributed by atoms with Crippen LogP contribution in [0.1, 0.15) is 43.6 Å². The highest BCUT2D eigenvalue weighted by Gasteiger charge is 2.38. The van der Waals surface area contributed by atoms with Crippen molar-refractivity contribution in [2.75, 3.05) is 25.6 Å². The highest BCUT2D eigenvalue weighted by Crippen LogP contribution is 2.39. The summed E-state index contributed by atoms with van der Waals surface area (Å²) in [5, 5.41) is 2.37. The fourth-order valence-corrected chi connectivity index (χ4v) is 5.96. The predicted octanol–water partition coefficient (Wildman–Crippen LogP) is 3.64. The van der Waals surface area contributed by atoms with Gasteiger partial charge in [-0.05, 0) is 55.7 Å². The van der Waals surface area contributed by atoms with Gasteiger partial charge in [-0.2, -0.15) is 0 Å². The molecule has 2 aromatic rings. The third kappa shape index (κ3) is 6.32. The summed E-state index contributed by atoms with van der Waals surface area (Å²) in [5.41, 5.74) is 0.572. The number of nitrogens with one attached hydrogen (secondary N) is 1. The van der Waals surface area contributed by atoms with E-state index in [4.69, 9.17) is 9.47 Å². The zero-order valence-electron chi connectivity index (χ0n) is 19.4. The SMILES string of the molecule is COCCOc1cnc(NC(=O)[C@H](CC2C[C@@H](F)[C@@H](F)C2)c2ccc(S(=O)(=O)C3CC3)cc2)cn1. The lowest BCUT2D eigenvalue weighted by Gasteiger charge is -2.20. The van der Waals surface area contributed by atoms with Gasteiger partial charge in [-0.25, -0.2) is 27.2 Å². The first-order valence-corrected chi connectivity index (χ1v) is 13.2. The maximum Gasteiger partial charge on any atom is 0.233 e. The Morgan fingerprint density at radius 2 is 1.77 bits per heavy atom. The van der Waals surface area contributed by atoms with Gasteiger partial charge in [0, 0.05) is 7.11 Å². The van der Waals surface area contributed by atoms with E-state index < -0.39 is 34.0 Å². The number of nitrogens with zero attached hydrogens (tertiary/aromatic N) is 2. The maximum atomic E-state index is 13.8. The summed E-state index contributed by atoms with van der Waals surface area (Å²) in [6.45, 7) is 0.696. The van der Waals surface area contributed by atoms with Crippen molar-refractivity contribution in [3.8, 4) is 5.88 Å². The lowest BCUT2D eigenvalue weighted by Crippen LogP contribution is -2.24. The first-order chi connectivity index (χ1) is 16.8. The van der Waals surface area contributed by atoms with Crippen LogP contribution in [-0.2, 0) is 19.4 Å². The lowest BCUT2D eigenvalue weighted by molar-refractivity contribution is -0.118. The predicted molar refractivity (Wildman–Crippen MR) is 125 cm³/mol. The molecule has 2 aliphatic rings. The van der Waals surface area contributed by atoms with E-state index in [0.29, 0.717) is 31.6 Å². The second kappa shape index (κ2) is 10.9. The highest BCUT2D eigenvalue weighted by atomic mass is 32.2. The van der Waals surface area contributed by atoms with Crippen LogP contribution in [0.4, 0.5) is 14.6 Å². The monoisotopic (exact) mass is 509 g/mol. The van der Waals surface area contributed by atoms with Crippen molar-refractivity contribution in [3.63, 3.8) is 0 Å². The normalized spacial score (nSPS) is 23.1. The number of benzene rings is 1. The van der Waals surface area contributed by atoms with Crippen molar-refractivity contribution in [3.05, 3.63) is 42.2 Å². The van der Waals surface area contributed by atoms with Gasteiger partial charge in [0.15, 0.2) is 15.7 Å². The molecule has 1 heterocycles. The number of sulfone groups is 1. The molecule has 1 aromatic carbocycles. The average Bonchev–Trinajstić information content (AvgIpc) is 3.65. The smallest absolute Gasteiger partial charge is 0.233 e. The number of anilines is 1. The second-order valence-electron chi connectivity index (χ2n) is 9.04. The maximum absolute atomic E-state index is 13.8. The minimum absolute atomic E-state index is 0.0480. The molecule has 2 aliphatic carbocycles. The number of aromatic nitrogens is 2. The van der Waals surface area contributed by atoms with Crippen LogP contribution in [-0.4, -0.2) is 62.2 Å². The lowest BCUT2D eigenvalue weighted by atomic mass is 9.87. The number of hydrogen-bond acceptors (Lipinski definition) is 7. The number of carbonyl (C=O) groups excluding carboxylic acids is 1. The van der Waals surface area contributed by atoms with Gasteiger partial charge in [-0.15, -0.1) is 0 Å². The largest absolute Gasteiger partial charge is 0.474 e. The quantitative estimate of drug-likeness (QED) is 0.461. The molecule has 0 radical (unpaired) electrons. The van der Waals surface area contributed by atoms with Crippen LogP contribution in [0.2, 0.25) is 0 Å². The molecule has 4 atom stereocenters. The number of carbonyl (C=O) groups is 1. The van der Waals surface area contributed by atoms with Crippen molar-refractivity contribution in [1.29, 1.82) is 0 Å². The van der Waals surface area contributed by atoms with E-state index in [9.17, 15) is 22.0 Å². The Kier molecular flexibility index (Phi) is 7.95. The highest BCUT2D eigenvalue weighted by molar-refractivity contribution is 7.92. The number of alkyl halides is 2. The number of amides is 1. The summed E-state index contributed by atoms with van der Waals surface area (Å²) >= 11 is 0. The molecule has 1 aromatic heterocycles. The third-order valence-electron chi connectivity index (χ3n) is 6.39. The van der Waals surface area contributed by atoms with E-state index in [0.717, 1.165) is 0 Å². The molecule has 1 amide bonds. The van der Waals surface area contributed by atoms with Crippen molar-refractivity contribution in [1.82, 2.24) is 9.97 Å². The van der Waals surface area contributed by atoms with Crippen molar-refractivity contribution in [2.45, 2.75) is 60.5 Å². The van der Waals surface area contributed by atoms with Gasteiger partial charge in [0.05, 0.1) is 35.1 Å². The average molecular weight is 510 g/mol. The fraction of sp³-hybridized carbons (Fsp3) is 0.542. The number of halogens is 2. The molecule has 2 fully saturated rings. The molecular formula is C24H29F2N3O5S. The topological polar surface area (TPSA) is 107 Å². The summed E-state index contributed by atoms with van der Waals surface area (Å²) in [5.74, 6) is -0.992. The molecule has 4 rings (SSSR count). The molecule has 190 valence electrons. The molecule has 0 spiro atoms. The summed E-state index contributed by atoms with van der Waals surface area (Å²) in [7, 11) is -1.81. The number of hydrogen-bond donors (Lipinski definition) is 1. The van der Waals surface area contributed by atoms with E-state index in [1.54, 1.807) is 19.2 Å². The number of ether oxygens (including phenoxy) is 2. The Bertz CT molecular complexity index is 1100. The summed E-state index contributed by atoms with van der Waals surface area (Å²) in [6, 6.07) is 6.21. The Morgan fingerprint density at radius 1 is 1.09 bits per heavy atom. The van der Waals surface area contributed by atoms with Gasteiger partial charge in [0.1, 0.15) is 19.0 Å². The van der Waals surface area contributed by atoms with Crippen LogP contribution in [0.3, 0.4) is 0 Å². The molecule has 0 aliphatic heterocycles. The van der Waals surface area contributed by atoms with Crippen LogP contribution >= 0.6 is 0 Å². The van der Waals surface area contributed by atoms with Gasteiger partial charge >= 0.3 is 0 Å². The van der Waals surface area contributed by atoms with Gasteiger partial charge < -0.3 is 14.8 Å². The van der Waals surface area contributed by atoms with Crippen LogP contribution in [0.15, 0.2) is 41.6 Å². The first kappa shape index (κ1) is 25.4. The summed E-state index contributed by atoms with van der Waals surface area (Å²) in [6.07, 6.45) is 1.29. The number of rotatable bonds is 11. The Hall–Kier alpha value is -2.66. The molecule has 0 bridgehead atoms. The van der Waals surface area contributed by atoms with Crippen LogP contribution in [0.5, 0.6) is 5.88 Å². The Balaban J connectivity index is 1.49. The standard InChI is InChI=1S/C24H29F2N3O5S/c1-33-8-9-34-23-14-27-22(13-28-23)29-24(30)19(10-15-11-20(25)21(26)12-15)16-2-4-17(5-3-16)35(31,32)18-6-7-18/h2-5,13-15,18-21H,6-12H2,1H3,(H,27,29,30)/t15?,19-,20-,21+/m1/s1. The van der Waals surface area contributed by atoms with Crippen molar-refractivity contribution >= 4 is 21.6 Å². The van der Waals surface area contributed by atoms with Crippen LogP contribution in [0, 0.1) is 5.92 Å². The van der Waals surface area contributed by atoms with Gasteiger partial charge in [-0.1, -0.05) is 12.1 Å². The van der Waals surface area contributed by atoms with Crippen LogP contribution < -0.4 is 10.1 Å². The van der Waals surface area contributed by atoms with E-state index in [-0.39, 0.29) is 47.0 Å². The van der Waals surface area contributed by atoms with E-state index in [1.807, 2.05) is 0 Å². The molecule has 8 nitrogen and oxygen atoms in total. The Morgan fingerprint density at radius 3 is 2.34 bits per heavy atom. The summed E-state index contributed by atoms with van der Waals surface area (Å²) < 4.78 is 62.9. The van der Waals surface area contributed by atoms with Crippen molar-refractivity contribution < 1.29 is 31.5 Å². The first-order valence-electron chi connectivity index (χ1n) is 11.6. The molecule has 0 saturated heterocycles. The second-order valence-corrected chi connectivity index (χ2v) is 11.3. The van der Waals surface area contributed by atoms with E-state index >= 15 is 0 Å². The van der Waals surface area contributed by atoms with Gasteiger partial charge in [0.25, 0.3) is 0 Å². The van der Waals surface area contributed by atoms with Crippen molar-refractivity contribution in [2.24, 2.45) is 5.92 Å². The van der Waals surface area contributed by atoms with Gasteiger partial charge in [-0.3, -0.25) is 4.79 Å². The molecular weight excluding hydrogens is 480 g/mol. The molecule has 35 heavy (non-hydrogen) atoms. The third-order valence-corrected chi connectivity index (χ3v) is 8.66. The summed E-state index contributed by atoms with van der Waals surface area (Å²) in [4.78, 5) is 21.7. The molecule has 1 unspecified atom stereocenters. The number of methoxy groups -OCH3 is 1. The zero-order chi connectivity index (χ0) is 25.0. The minimum Gasteiger partial charge on any atom is -0.474 e. The van der Waals surface area contributed by atoms with Crippen LogP contribution in [0.25, 0.3) is 0 Å². The molecule has 2 saturated carbocycles. The molecule has 11 heteroatoms. The molecule has 1 N–H and O–H groups in total. The van der Waals surface area contributed by atoms with E-state index in [1.165, 1.54) is 24.5 Å². The minimum atomic E-state index is -3.36. The zero-order valence-corrected chi connectivity index (χ0v) is 20.2. The fourth-order valence-electron chi connectivity index (χ4n) is 4.31. The Labute approximate surface area is 203 Å². The van der Waals surface area contributed by atoms with E-state index in [2.05, 4.69) is 15.3 Å².